The monoisotopic (exact) mass is 430 g/mol. The van der Waals surface area contributed by atoms with Crippen molar-refractivity contribution in [3.63, 3.8) is 0 Å². The zero-order valence-electron chi connectivity index (χ0n) is 14.8. The number of benzene rings is 2. The molecule has 2 amide bonds. The summed E-state index contributed by atoms with van der Waals surface area (Å²) in [4.78, 5) is 26.7. The molecule has 7 heteroatoms. The van der Waals surface area contributed by atoms with Gasteiger partial charge in [-0.3, -0.25) is 9.59 Å². The second-order valence-electron chi connectivity index (χ2n) is 6.59. The molecule has 0 saturated carbocycles. The van der Waals surface area contributed by atoms with Crippen LogP contribution in [0.3, 0.4) is 0 Å². The third-order valence-corrected chi connectivity index (χ3v) is 5.29. The zero-order chi connectivity index (χ0) is 19.0. The second-order valence-corrected chi connectivity index (χ2v) is 7.51. The van der Waals surface area contributed by atoms with E-state index in [4.69, 9.17) is 9.47 Å². The molecule has 0 unspecified atom stereocenters. The van der Waals surface area contributed by atoms with Crippen LogP contribution in [0.2, 0.25) is 0 Å². The molecular formula is C20H19BrN2O4. The van der Waals surface area contributed by atoms with Gasteiger partial charge in [-0.2, -0.15) is 0 Å². The van der Waals surface area contributed by atoms with E-state index in [0.29, 0.717) is 36.7 Å². The summed E-state index contributed by atoms with van der Waals surface area (Å²) >= 11 is 3.43. The number of hydrogen-bond donors (Lipinski definition) is 1. The summed E-state index contributed by atoms with van der Waals surface area (Å²) < 4.78 is 12.6. The smallest absolute Gasteiger partial charge is 0.265 e. The molecule has 0 radical (unpaired) electrons. The van der Waals surface area contributed by atoms with Crippen LogP contribution in [0, 0.1) is 0 Å². The molecular weight excluding hydrogens is 412 g/mol. The average Bonchev–Trinajstić information content (AvgIpc) is 2.68. The van der Waals surface area contributed by atoms with Gasteiger partial charge in [0.25, 0.3) is 11.8 Å². The molecule has 2 aromatic rings. The molecule has 6 nitrogen and oxygen atoms in total. The first-order chi connectivity index (χ1) is 13.0. The quantitative estimate of drug-likeness (QED) is 0.792. The van der Waals surface area contributed by atoms with Crippen molar-refractivity contribution < 1.29 is 19.1 Å². The highest BCUT2D eigenvalue weighted by molar-refractivity contribution is 9.10. The number of carbonyl (C=O) groups excluding carboxylic acids is 2. The van der Waals surface area contributed by atoms with Gasteiger partial charge in [0.1, 0.15) is 6.10 Å². The van der Waals surface area contributed by atoms with Gasteiger partial charge in [0.15, 0.2) is 11.9 Å². The van der Waals surface area contributed by atoms with Gasteiger partial charge in [0.2, 0.25) is 0 Å². The standard InChI is InChI=1S/C20H19BrN2O4/c1-12-19(24)22-16-4-2-3-15(18(16)27-12)20(25)23-9-10-26-17(11-23)13-5-7-14(21)8-6-13/h2-8,12,17H,9-11H2,1H3,(H,22,24)/t12-,17-/m0/s1. The fourth-order valence-electron chi connectivity index (χ4n) is 3.28. The van der Waals surface area contributed by atoms with Gasteiger partial charge in [-0.15, -0.1) is 0 Å². The van der Waals surface area contributed by atoms with E-state index in [1.54, 1.807) is 30.0 Å². The summed E-state index contributed by atoms with van der Waals surface area (Å²) in [5.74, 6) is 0.0932. The van der Waals surface area contributed by atoms with Crippen molar-refractivity contribution in [2.45, 2.75) is 19.1 Å². The molecule has 2 atom stereocenters. The molecule has 4 rings (SSSR count). The topological polar surface area (TPSA) is 67.9 Å². The maximum absolute atomic E-state index is 13.2. The fraction of sp³-hybridized carbons (Fsp3) is 0.300. The number of morpholine rings is 1. The van der Waals surface area contributed by atoms with E-state index in [1.165, 1.54) is 0 Å². The van der Waals surface area contributed by atoms with Gasteiger partial charge in [-0.1, -0.05) is 34.1 Å². The Hall–Kier alpha value is -2.38. The zero-order valence-corrected chi connectivity index (χ0v) is 16.4. The van der Waals surface area contributed by atoms with E-state index < -0.39 is 6.10 Å². The molecule has 1 fully saturated rings. The van der Waals surface area contributed by atoms with E-state index in [0.717, 1.165) is 10.0 Å². The van der Waals surface area contributed by atoms with Gasteiger partial charge in [-0.05, 0) is 36.8 Å². The third-order valence-electron chi connectivity index (χ3n) is 4.76. The van der Waals surface area contributed by atoms with Crippen LogP contribution in [0.4, 0.5) is 5.69 Å². The Kier molecular flexibility index (Phi) is 4.88. The number of para-hydroxylation sites is 1. The Morgan fingerprint density at radius 2 is 2.00 bits per heavy atom. The van der Waals surface area contributed by atoms with Crippen molar-refractivity contribution in [3.05, 3.63) is 58.1 Å². The van der Waals surface area contributed by atoms with Crippen LogP contribution in [0.15, 0.2) is 46.9 Å². The first kappa shape index (κ1) is 18.0. The Morgan fingerprint density at radius 3 is 2.78 bits per heavy atom. The minimum absolute atomic E-state index is 0.124. The average molecular weight is 431 g/mol. The summed E-state index contributed by atoms with van der Waals surface area (Å²) in [5, 5.41) is 2.78. The largest absolute Gasteiger partial charge is 0.478 e. The Balaban J connectivity index is 1.57. The van der Waals surface area contributed by atoms with Gasteiger partial charge in [0, 0.05) is 11.0 Å². The summed E-state index contributed by atoms with van der Waals surface area (Å²) in [5.41, 5.74) is 2.01. The lowest BCUT2D eigenvalue weighted by atomic mass is 10.1. The Morgan fingerprint density at radius 1 is 1.22 bits per heavy atom. The number of anilines is 1. The molecule has 140 valence electrons. The molecule has 0 spiro atoms. The first-order valence-corrected chi connectivity index (χ1v) is 9.59. The highest BCUT2D eigenvalue weighted by Crippen LogP contribution is 2.35. The van der Waals surface area contributed by atoms with Crippen LogP contribution in [0.1, 0.15) is 28.9 Å². The summed E-state index contributed by atoms with van der Waals surface area (Å²) in [6.07, 6.45) is -0.804. The summed E-state index contributed by atoms with van der Waals surface area (Å²) in [6, 6.07) is 13.1. The van der Waals surface area contributed by atoms with Gasteiger partial charge in [-0.25, -0.2) is 0 Å². The predicted molar refractivity (Wildman–Crippen MR) is 104 cm³/mol. The lowest BCUT2D eigenvalue weighted by molar-refractivity contribution is -0.122. The number of amides is 2. The molecule has 2 heterocycles. The molecule has 27 heavy (non-hydrogen) atoms. The van der Waals surface area contributed by atoms with Gasteiger partial charge >= 0.3 is 0 Å². The number of nitrogens with one attached hydrogen (secondary N) is 1. The molecule has 1 saturated heterocycles. The summed E-state index contributed by atoms with van der Waals surface area (Å²) in [7, 11) is 0. The molecule has 0 aliphatic carbocycles. The minimum atomic E-state index is -0.633. The van der Waals surface area contributed by atoms with Crippen LogP contribution in [0.25, 0.3) is 0 Å². The van der Waals surface area contributed by atoms with E-state index in [-0.39, 0.29) is 17.9 Å². The van der Waals surface area contributed by atoms with Crippen LogP contribution < -0.4 is 10.1 Å². The minimum Gasteiger partial charge on any atom is -0.478 e. The number of fused-ring (bicyclic) bond motifs is 1. The first-order valence-electron chi connectivity index (χ1n) is 8.80. The highest BCUT2D eigenvalue weighted by Gasteiger charge is 2.31. The van der Waals surface area contributed by atoms with Crippen molar-refractivity contribution in [2.24, 2.45) is 0 Å². The second kappa shape index (κ2) is 7.32. The molecule has 0 bridgehead atoms. The van der Waals surface area contributed by atoms with Crippen molar-refractivity contribution in [3.8, 4) is 5.75 Å². The van der Waals surface area contributed by atoms with E-state index in [2.05, 4.69) is 21.2 Å². The van der Waals surface area contributed by atoms with Crippen molar-refractivity contribution >= 4 is 33.4 Å². The number of hydrogen-bond acceptors (Lipinski definition) is 4. The SMILES string of the molecule is C[C@@H]1Oc2c(cccc2C(=O)N2CCO[C@H](c3ccc(Br)cc3)C2)NC1=O. The maximum atomic E-state index is 13.2. The molecule has 1 N–H and O–H groups in total. The van der Waals surface area contributed by atoms with Gasteiger partial charge < -0.3 is 19.7 Å². The normalized spacial score (nSPS) is 21.9. The molecule has 2 aromatic carbocycles. The van der Waals surface area contributed by atoms with Gasteiger partial charge in [0.05, 0.1) is 24.4 Å². The van der Waals surface area contributed by atoms with E-state index >= 15 is 0 Å². The number of ether oxygens (including phenoxy) is 2. The number of nitrogens with zero attached hydrogens (tertiary/aromatic N) is 1. The molecule has 0 aromatic heterocycles. The van der Waals surface area contributed by atoms with Crippen LogP contribution in [-0.2, 0) is 9.53 Å². The van der Waals surface area contributed by atoms with E-state index in [1.807, 2.05) is 24.3 Å². The lowest BCUT2D eigenvalue weighted by Gasteiger charge is -2.34. The lowest BCUT2D eigenvalue weighted by Crippen LogP contribution is -2.43. The number of carbonyl (C=O) groups is 2. The van der Waals surface area contributed by atoms with Crippen LogP contribution in [0.5, 0.6) is 5.75 Å². The van der Waals surface area contributed by atoms with Crippen molar-refractivity contribution in [2.75, 3.05) is 25.0 Å². The molecule has 2 aliphatic heterocycles. The number of halogens is 1. The Bertz CT molecular complexity index is 884. The van der Waals surface area contributed by atoms with Crippen molar-refractivity contribution in [1.29, 1.82) is 0 Å². The number of rotatable bonds is 2. The van der Waals surface area contributed by atoms with Crippen molar-refractivity contribution in [1.82, 2.24) is 4.90 Å². The predicted octanol–water partition coefficient (Wildman–Crippen LogP) is 3.38. The van der Waals surface area contributed by atoms with Crippen LogP contribution >= 0.6 is 15.9 Å². The van der Waals surface area contributed by atoms with E-state index in [9.17, 15) is 9.59 Å². The maximum Gasteiger partial charge on any atom is 0.265 e. The van der Waals surface area contributed by atoms with Crippen LogP contribution in [-0.4, -0.2) is 42.5 Å². The summed E-state index contributed by atoms with van der Waals surface area (Å²) in [6.45, 7) is 3.11. The highest BCUT2D eigenvalue weighted by atomic mass is 79.9. The fourth-order valence-corrected chi connectivity index (χ4v) is 3.54. The third kappa shape index (κ3) is 3.57. The Labute approximate surface area is 165 Å². The molecule has 2 aliphatic rings.